The van der Waals surface area contributed by atoms with Crippen molar-refractivity contribution in [3.63, 3.8) is 0 Å². The molecule has 1 amide bonds. The third-order valence-electron chi connectivity index (χ3n) is 8.32. The van der Waals surface area contributed by atoms with Crippen LogP contribution in [0.3, 0.4) is 0 Å². The first-order valence-electron chi connectivity index (χ1n) is 13.6. The molecule has 4 aliphatic rings. The molecule has 7 rings (SSSR count). The molecule has 198 valence electrons. The monoisotopic (exact) mass is 521 g/mol. The Morgan fingerprint density at radius 2 is 1.36 bits per heavy atom. The van der Waals surface area contributed by atoms with E-state index in [-0.39, 0.29) is 18.1 Å². The van der Waals surface area contributed by atoms with E-state index < -0.39 is 11.0 Å². The summed E-state index contributed by atoms with van der Waals surface area (Å²) in [5, 5.41) is 0. The van der Waals surface area contributed by atoms with E-state index in [0.29, 0.717) is 13.2 Å². The topological polar surface area (TPSA) is 63.8 Å². The van der Waals surface area contributed by atoms with Gasteiger partial charge in [-0.15, -0.1) is 0 Å². The summed E-state index contributed by atoms with van der Waals surface area (Å²) in [6, 6.07) is 26.4. The summed E-state index contributed by atoms with van der Waals surface area (Å²) in [5.41, 5.74) is 2.39. The summed E-state index contributed by atoms with van der Waals surface area (Å²) < 4.78 is 22.5. The van der Waals surface area contributed by atoms with Gasteiger partial charge in [-0.25, -0.2) is 0 Å². The number of ether oxygens (including phenoxy) is 4. The highest BCUT2D eigenvalue weighted by Gasteiger charge is 2.65. The molecule has 3 saturated heterocycles. The fourth-order valence-electron chi connectivity index (χ4n) is 6.17. The molecular weight excluding hydrogens is 490 g/mol. The molecule has 1 aliphatic carbocycles. The van der Waals surface area contributed by atoms with Crippen molar-refractivity contribution in [3.8, 4) is 11.5 Å². The van der Waals surface area contributed by atoms with Crippen LogP contribution in [0.15, 0.2) is 103 Å². The Balaban J connectivity index is 1.39. The number of para-hydroxylation sites is 1. The number of anilines is 1. The molecule has 3 aliphatic heterocycles. The average Bonchev–Trinajstić information content (AvgIpc) is 3.91. The Morgan fingerprint density at radius 3 is 1.87 bits per heavy atom. The second kappa shape index (κ2) is 9.40. The molecule has 0 saturated carbocycles. The van der Waals surface area contributed by atoms with Crippen LogP contribution in [0.25, 0.3) is 0 Å². The van der Waals surface area contributed by atoms with E-state index in [1.807, 2.05) is 71.6 Å². The number of benzene rings is 3. The zero-order valence-corrected chi connectivity index (χ0v) is 21.9. The van der Waals surface area contributed by atoms with Crippen molar-refractivity contribution in [3.05, 3.63) is 114 Å². The van der Waals surface area contributed by atoms with Gasteiger partial charge in [-0.05, 0) is 53.9 Å². The number of nitrogens with zero attached hydrogens (tertiary/aromatic N) is 1. The van der Waals surface area contributed by atoms with E-state index in [9.17, 15) is 4.79 Å². The van der Waals surface area contributed by atoms with Crippen LogP contribution in [0.5, 0.6) is 11.5 Å². The van der Waals surface area contributed by atoms with E-state index in [2.05, 4.69) is 37.3 Å². The van der Waals surface area contributed by atoms with Gasteiger partial charge in [-0.3, -0.25) is 9.69 Å². The molecule has 0 aromatic heterocycles. The lowest BCUT2D eigenvalue weighted by Gasteiger charge is -2.49. The van der Waals surface area contributed by atoms with Crippen LogP contribution in [0.2, 0.25) is 0 Å². The van der Waals surface area contributed by atoms with Gasteiger partial charge < -0.3 is 18.9 Å². The van der Waals surface area contributed by atoms with Crippen LogP contribution in [-0.2, 0) is 19.8 Å². The molecule has 3 heterocycles. The molecule has 6 heteroatoms. The zero-order valence-electron chi connectivity index (χ0n) is 21.9. The second-order valence-electron chi connectivity index (χ2n) is 10.8. The largest absolute Gasteiger partial charge is 0.491 e. The van der Waals surface area contributed by atoms with Crippen LogP contribution >= 0.6 is 0 Å². The number of carbonyl (C=O) groups is 1. The summed E-state index contributed by atoms with van der Waals surface area (Å²) >= 11 is 0. The van der Waals surface area contributed by atoms with Crippen molar-refractivity contribution < 1.29 is 23.7 Å². The minimum absolute atomic E-state index is 0.0190. The minimum atomic E-state index is -0.807. The number of fused-ring (bicyclic) bond motifs is 1. The number of hydrogen-bond acceptors (Lipinski definition) is 5. The number of amides is 1. The fraction of sp³-hybridized carbons (Fsp3) is 0.303. The van der Waals surface area contributed by atoms with Gasteiger partial charge in [0.25, 0.3) is 5.91 Å². The maximum absolute atomic E-state index is 14.4. The van der Waals surface area contributed by atoms with Crippen LogP contribution < -0.4 is 14.4 Å². The summed E-state index contributed by atoms with van der Waals surface area (Å²) in [7, 11) is 0. The Hall–Kier alpha value is -3.87. The van der Waals surface area contributed by atoms with Crippen molar-refractivity contribution in [1.82, 2.24) is 0 Å². The number of carbonyl (C=O) groups excluding carboxylic acids is 1. The highest BCUT2D eigenvalue weighted by molar-refractivity contribution is 6.12. The van der Waals surface area contributed by atoms with Crippen molar-refractivity contribution in [1.29, 1.82) is 0 Å². The predicted molar refractivity (Wildman–Crippen MR) is 148 cm³/mol. The van der Waals surface area contributed by atoms with E-state index in [0.717, 1.165) is 53.5 Å². The van der Waals surface area contributed by atoms with Gasteiger partial charge >= 0.3 is 0 Å². The first-order chi connectivity index (χ1) is 19.1. The molecule has 39 heavy (non-hydrogen) atoms. The molecular formula is C33H31NO5. The van der Waals surface area contributed by atoms with Gasteiger partial charge in [-0.1, -0.05) is 67.6 Å². The predicted octanol–water partition coefficient (Wildman–Crippen LogP) is 5.42. The smallest absolute Gasteiger partial charge is 0.255 e. The molecule has 0 spiro atoms. The lowest BCUT2D eigenvalue weighted by atomic mass is 9.60. The molecule has 3 aromatic carbocycles. The zero-order chi connectivity index (χ0) is 26.5. The maximum Gasteiger partial charge on any atom is 0.255 e. The average molecular weight is 522 g/mol. The van der Waals surface area contributed by atoms with E-state index in [4.69, 9.17) is 18.9 Å². The first-order valence-corrected chi connectivity index (χ1v) is 13.6. The molecule has 3 aromatic rings. The van der Waals surface area contributed by atoms with Crippen molar-refractivity contribution in [2.75, 3.05) is 31.3 Å². The maximum atomic E-state index is 14.4. The lowest BCUT2D eigenvalue weighted by Crippen LogP contribution is -2.52. The van der Waals surface area contributed by atoms with Crippen LogP contribution in [0.4, 0.5) is 5.69 Å². The Labute approximate surface area is 228 Å². The highest BCUT2D eigenvalue weighted by Crippen LogP contribution is 2.62. The molecule has 3 fully saturated rings. The van der Waals surface area contributed by atoms with Gasteiger partial charge in [0.15, 0.2) is 0 Å². The number of hydrogen-bond donors (Lipinski definition) is 0. The van der Waals surface area contributed by atoms with Crippen LogP contribution in [-0.4, -0.2) is 44.5 Å². The molecule has 3 atom stereocenters. The van der Waals surface area contributed by atoms with Gasteiger partial charge in [0.1, 0.15) is 42.5 Å². The SMILES string of the molecule is CC12CC=CC=C1C(=O)N(c1ccccc1)C2(c1ccc(OCC2CO2)cc1)c1ccc(OCC2CO2)cc1. The Morgan fingerprint density at radius 1 is 0.821 bits per heavy atom. The van der Waals surface area contributed by atoms with Crippen molar-refractivity contribution >= 4 is 11.6 Å². The van der Waals surface area contributed by atoms with Crippen LogP contribution in [0.1, 0.15) is 24.5 Å². The summed E-state index contributed by atoms with van der Waals surface area (Å²) in [4.78, 5) is 16.4. The third kappa shape index (κ3) is 4.06. The number of rotatable bonds is 9. The summed E-state index contributed by atoms with van der Waals surface area (Å²) in [6.45, 7) is 4.81. The summed E-state index contributed by atoms with van der Waals surface area (Å²) in [5.74, 6) is 1.59. The van der Waals surface area contributed by atoms with Crippen LogP contribution in [0, 0.1) is 5.41 Å². The molecule has 3 unspecified atom stereocenters. The molecule has 6 nitrogen and oxygen atoms in total. The normalized spacial score (nSPS) is 28.6. The second-order valence-corrected chi connectivity index (χ2v) is 10.8. The number of epoxide rings is 2. The molecule has 0 radical (unpaired) electrons. The summed E-state index contributed by atoms with van der Waals surface area (Å²) in [6.07, 6.45) is 7.25. The van der Waals surface area contributed by atoms with E-state index in [1.54, 1.807) is 0 Å². The van der Waals surface area contributed by atoms with Crippen molar-refractivity contribution in [2.24, 2.45) is 5.41 Å². The Kier molecular flexibility index (Phi) is 5.83. The van der Waals surface area contributed by atoms with Gasteiger partial charge in [0, 0.05) is 16.7 Å². The fourth-order valence-corrected chi connectivity index (χ4v) is 6.17. The lowest BCUT2D eigenvalue weighted by molar-refractivity contribution is -0.114. The highest BCUT2D eigenvalue weighted by atomic mass is 16.6. The van der Waals surface area contributed by atoms with Crippen molar-refractivity contribution in [2.45, 2.75) is 31.1 Å². The molecule has 0 N–H and O–H groups in total. The van der Waals surface area contributed by atoms with Gasteiger partial charge in [0.05, 0.1) is 13.2 Å². The van der Waals surface area contributed by atoms with E-state index >= 15 is 0 Å². The van der Waals surface area contributed by atoms with E-state index in [1.165, 1.54) is 0 Å². The van der Waals surface area contributed by atoms with Gasteiger partial charge in [0.2, 0.25) is 0 Å². The third-order valence-corrected chi connectivity index (χ3v) is 8.32. The molecule has 0 bridgehead atoms. The minimum Gasteiger partial charge on any atom is -0.491 e. The standard InChI is InChI=1S/C33H31NO5/c1-32-18-6-5-9-30(32)31(35)34(25-7-3-2-4-8-25)33(32,23-10-14-26(15-11-23)36-19-28-21-38-28)24-12-16-27(17-13-24)37-20-29-22-39-29/h2-17,28-29H,18-22H2,1H3. The first kappa shape index (κ1) is 24.2. The van der Waals surface area contributed by atoms with Gasteiger partial charge in [-0.2, -0.15) is 0 Å². The number of allylic oxidation sites excluding steroid dienone is 3. The Bertz CT molecular complexity index is 1360. The quantitative estimate of drug-likeness (QED) is 0.352.